The number of hydrogen-bond acceptors (Lipinski definition) is 0. The van der Waals surface area contributed by atoms with Crippen LogP contribution in [0.15, 0.2) is 140 Å². The second kappa shape index (κ2) is 11.4. The first-order valence-electron chi connectivity index (χ1n) is 12.8. The Hall–Kier alpha value is -3.61. The fraction of sp³-hybridized carbons (Fsp3) is 0.152. The molecule has 0 saturated carbocycles. The summed E-state index contributed by atoms with van der Waals surface area (Å²) < 4.78 is 4.64. The largest absolute Gasteiger partial charge is 0.262 e. The molecule has 0 amide bonds. The highest BCUT2D eigenvalue weighted by atomic mass is 31.2. The topological polar surface area (TPSA) is 7.76 Å². The van der Waals surface area contributed by atoms with Crippen LogP contribution in [-0.4, -0.2) is 0 Å². The number of nitrogens with zero attached hydrogens (tertiary/aromatic N) is 2. The van der Waals surface area contributed by atoms with Crippen LogP contribution in [0, 0.1) is 0 Å². The van der Waals surface area contributed by atoms with Crippen molar-refractivity contribution >= 4 is 23.2 Å². The molecule has 0 spiro atoms. The summed E-state index contributed by atoms with van der Waals surface area (Å²) in [5.41, 5.74) is 2.50. The minimum atomic E-state index is -1.92. The molecule has 0 aliphatic rings. The van der Waals surface area contributed by atoms with E-state index in [1.807, 2.05) is 0 Å². The van der Waals surface area contributed by atoms with Crippen LogP contribution >= 0.6 is 7.26 Å². The minimum Gasteiger partial charge on any atom is -0.205 e. The highest BCUT2D eigenvalue weighted by Gasteiger charge is 2.49. The smallest absolute Gasteiger partial charge is 0.205 e. The van der Waals surface area contributed by atoms with E-state index in [0.29, 0.717) is 0 Å². The average Bonchev–Trinajstić information content (AvgIpc) is 2.97. The maximum Gasteiger partial charge on any atom is 0.262 e. The van der Waals surface area contributed by atoms with E-state index in [1.165, 1.54) is 39.9 Å². The molecule has 3 aromatic carbocycles. The lowest BCUT2D eigenvalue weighted by atomic mass is 10.1. The summed E-state index contributed by atoms with van der Waals surface area (Å²) in [6.45, 7) is 3.31. The molecular formula is C33H34N2P+3. The Morgan fingerprint density at radius 1 is 0.500 bits per heavy atom. The van der Waals surface area contributed by atoms with Crippen LogP contribution in [0.1, 0.15) is 19.8 Å². The zero-order chi connectivity index (χ0) is 24.6. The van der Waals surface area contributed by atoms with Crippen molar-refractivity contribution in [1.82, 2.24) is 0 Å². The average molecular weight is 490 g/mol. The maximum absolute atomic E-state index is 2.37. The fourth-order valence-electron chi connectivity index (χ4n) is 4.87. The Labute approximate surface area is 215 Å². The predicted molar refractivity (Wildman–Crippen MR) is 152 cm³/mol. The Bertz CT molecular complexity index is 1250. The van der Waals surface area contributed by atoms with E-state index < -0.39 is 7.26 Å². The summed E-state index contributed by atoms with van der Waals surface area (Å²) in [6, 6.07) is 42.2. The van der Waals surface area contributed by atoms with E-state index in [1.54, 1.807) is 0 Å². The van der Waals surface area contributed by atoms with Crippen molar-refractivity contribution in [2.75, 3.05) is 0 Å². The third kappa shape index (κ3) is 5.15. The van der Waals surface area contributed by atoms with Gasteiger partial charge < -0.3 is 0 Å². The molecule has 178 valence electrons. The first-order valence-corrected chi connectivity index (χ1v) is 14.8. The molecule has 0 N–H and O–H groups in total. The van der Waals surface area contributed by atoms with Crippen LogP contribution in [0.25, 0.3) is 11.1 Å². The highest BCUT2D eigenvalue weighted by Crippen LogP contribution is 2.55. The van der Waals surface area contributed by atoms with Gasteiger partial charge in [0.25, 0.3) is 6.29 Å². The van der Waals surface area contributed by atoms with Gasteiger partial charge in [-0.25, -0.2) is 4.57 Å². The summed E-state index contributed by atoms with van der Waals surface area (Å²) in [7, 11) is -1.92. The van der Waals surface area contributed by atoms with Gasteiger partial charge in [0, 0.05) is 30.7 Å². The fourth-order valence-corrected chi connectivity index (χ4v) is 8.97. The lowest BCUT2D eigenvalue weighted by Crippen LogP contribution is -2.43. The minimum absolute atomic E-state index is 0.914. The zero-order valence-corrected chi connectivity index (χ0v) is 21.8. The molecule has 5 rings (SSSR count). The molecule has 5 aromatic rings. The molecule has 0 atom stereocenters. The number of benzene rings is 3. The molecule has 0 unspecified atom stereocenters. The van der Waals surface area contributed by atoms with E-state index in [0.717, 1.165) is 12.8 Å². The number of pyridine rings is 2. The Morgan fingerprint density at radius 2 is 0.889 bits per heavy atom. The molecule has 2 heterocycles. The van der Waals surface area contributed by atoms with Crippen molar-refractivity contribution < 1.29 is 9.13 Å². The van der Waals surface area contributed by atoms with Crippen molar-refractivity contribution in [2.45, 2.75) is 32.6 Å². The lowest BCUT2D eigenvalue weighted by Gasteiger charge is -2.24. The number of hydrogen-bond donors (Lipinski definition) is 0. The van der Waals surface area contributed by atoms with Gasteiger partial charge in [0.05, 0.1) is 0 Å². The SMILES string of the molecule is CCCC[n+]1ccc(-c2cc[n+](C[P+](c3ccccc3)(c3ccccc3)c3ccccc3)cc2)cc1. The van der Waals surface area contributed by atoms with Crippen LogP contribution in [0.5, 0.6) is 0 Å². The van der Waals surface area contributed by atoms with Gasteiger partial charge in [0.2, 0.25) is 0 Å². The molecule has 0 aliphatic carbocycles. The maximum atomic E-state index is 2.37. The zero-order valence-electron chi connectivity index (χ0n) is 20.9. The third-order valence-corrected chi connectivity index (χ3v) is 11.1. The number of aryl methyl sites for hydroxylation is 1. The first-order chi connectivity index (χ1) is 17.8. The molecule has 2 nitrogen and oxygen atoms in total. The Balaban J connectivity index is 1.53. The van der Waals surface area contributed by atoms with Gasteiger partial charge in [-0.1, -0.05) is 67.9 Å². The standard InChI is InChI=1S/C33H34N2P/c1-2-3-23-34-24-19-29(20-25-34)30-21-26-35(27-22-30)28-36(31-13-7-4-8-14-31,32-15-9-5-10-16-32)33-17-11-6-12-18-33/h4-22,24-27H,2-3,23,28H2,1H3/q+3. The molecule has 0 radical (unpaired) electrons. The molecule has 0 bridgehead atoms. The van der Waals surface area contributed by atoms with Gasteiger partial charge in [-0.15, -0.1) is 0 Å². The predicted octanol–water partition coefficient (Wildman–Crippen LogP) is 5.68. The van der Waals surface area contributed by atoms with Gasteiger partial charge in [-0.2, -0.15) is 4.57 Å². The quantitative estimate of drug-likeness (QED) is 0.186. The normalized spacial score (nSPS) is 11.4. The summed E-state index contributed by atoms with van der Waals surface area (Å²) in [5.74, 6) is 0. The summed E-state index contributed by atoms with van der Waals surface area (Å²) >= 11 is 0. The summed E-state index contributed by atoms with van der Waals surface area (Å²) in [6.07, 6.45) is 12.2. The second-order valence-electron chi connectivity index (χ2n) is 9.24. The van der Waals surface area contributed by atoms with Gasteiger partial charge in [-0.3, -0.25) is 0 Å². The van der Waals surface area contributed by atoms with Gasteiger partial charge in [-0.05, 0) is 47.5 Å². The van der Waals surface area contributed by atoms with E-state index in [-0.39, 0.29) is 0 Å². The monoisotopic (exact) mass is 489 g/mol. The molecule has 0 saturated heterocycles. The second-order valence-corrected chi connectivity index (χ2v) is 12.7. The molecule has 0 aliphatic heterocycles. The van der Waals surface area contributed by atoms with Crippen molar-refractivity contribution in [3.63, 3.8) is 0 Å². The van der Waals surface area contributed by atoms with Crippen molar-refractivity contribution in [3.05, 3.63) is 140 Å². The van der Waals surface area contributed by atoms with Crippen molar-refractivity contribution in [1.29, 1.82) is 0 Å². The molecule has 2 aromatic heterocycles. The van der Waals surface area contributed by atoms with Gasteiger partial charge in [0.15, 0.2) is 32.0 Å². The first kappa shape index (κ1) is 24.1. The van der Waals surface area contributed by atoms with Crippen LogP contribution in [0.2, 0.25) is 0 Å². The number of unbranched alkanes of at least 4 members (excludes halogenated alkanes) is 1. The van der Waals surface area contributed by atoms with Crippen LogP contribution in [0.4, 0.5) is 0 Å². The highest BCUT2D eigenvalue weighted by molar-refractivity contribution is 7.94. The van der Waals surface area contributed by atoms with E-state index >= 15 is 0 Å². The Kier molecular flexibility index (Phi) is 7.64. The summed E-state index contributed by atoms with van der Waals surface area (Å²) in [4.78, 5) is 0. The van der Waals surface area contributed by atoms with Crippen LogP contribution in [-0.2, 0) is 12.8 Å². The third-order valence-electron chi connectivity index (χ3n) is 6.85. The number of aromatic nitrogens is 2. The van der Waals surface area contributed by atoms with Crippen LogP contribution in [0.3, 0.4) is 0 Å². The van der Waals surface area contributed by atoms with Crippen LogP contribution < -0.4 is 25.0 Å². The van der Waals surface area contributed by atoms with E-state index in [9.17, 15) is 0 Å². The van der Waals surface area contributed by atoms with Gasteiger partial charge in [0.1, 0.15) is 22.5 Å². The molecular weight excluding hydrogens is 455 g/mol. The molecule has 0 fully saturated rings. The van der Waals surface area contributed by atoms with Gasteiger partial charge >= 0.3 is 0 Å². The number of rotatable bonds is 9. The summed E-state index contributed by atoms with van der Waals surface area (Å²) in [5, 5.41) is 4.20. The van der Waals surface area contributed by atoms with E-state index in [2.05, 4.69) is 156 Å². The Morgan fingerprint density at radius 3 is 1.28 bits per heavy atom. The van der Waals surface area contributed by atoms with E-state index in [4.69, 9.17) is 0 Å². The molecule has 3 heteroatoms. The molecule has 36 heavy (non-hydrogen) atoms. The van der Waals surface area contributed by atoms with Crippen molar-refractivity contribution in [2.24, 2.45) is 0 Å². The lowest BCUT2D eigenvalue weighted by molar-refractivity contribution is -0.697. The van der Waals surface area contributed by atoms with Crippen molar-refractivity contribution in [3.8, 4) is 11.1 Å².